The molecule has 2 aliphatic rings. The highest BCUT2D eigenvalue weighted by Gasteiger charge is 2.37. The van der Waals surface area contributed by atoms with Gasteiger partial charge in [-0.25, -0.2) is 9.78 Å². The van der Waals surface area contributed by atoms with Gasteiger partial charge in [-0.2, -0.15) is 13.2 Å². The molecule has 1 amide bonds. The van der Waals surface area contributed by atoms with Crippen LogP contribution < -0.4 is 9.64 Å². The maximum absolute atomic E-state index is 14.1. The fraction of sp³-hybridized carbons (Fsp3) is 0.455. The Hall–Kier alpha value is -3.95. The molecule has 228 valence electrons. The molecule has 10 heteroatoms. The first kappa shape index (κ1) is 30.5. The lowest BCUT2D eigenvalue weighted by Crippen LogP contribution is -2.46. The van der Waals surface area contributed by atoms with Crippen LogP contribution in [0.2, 0.25) is 0 Å². The van der Waals surface area contributed by atoms with Crippen molar-refractivity contribution in [2.24, 2.45) is 11.8 Å². The van der Waals surface area contributed by atoms with E-state index in [4.69, 9.17) is 4.74 Å². The molecule has 1 N–H and O–H groups in total. The van der Waals surface area contributed by atoms with Crippen LogP contribution in [0.25, 0.3) is 0 Å². The lowest BCUT2D eigenvalue weighted by molar-refractivity contribution is -0.139. The number of benzene rings is 1. The summed E-state index contributed by atoms with van der Waals surface area (Å²) < 4.78 is 47.8. The first-order valence-electron chi connectivity index (χ1n) is 14.9. The Labute approximate surface area is 249 Å². The smallest absolute Gasteiger partial charge is 0.421 e. The van der Waals surface area contributed by atoms with E-state index in [1.807, 2.05) is 0 Å². The van der Waals surface area contributed by atoms with E-state index in [2.05, 4.69) is 16.9 Å². The van der Waals surface area contributed by atoms with Gasteiger partial charge in [0.1, 0.15) is 11.3 Å². The van der Waals surface area contributed by atoms with Gasteiger partial charge in [0.25, 0.3) is 0 Å². The molecule has 0 radical (unpaired) electrons. The number of amides is 1. The summed E-state index contributed by atoms with van der Waals surface area (Å²) in [6.07, 6.45) is 6.16. The number of carbonyl (C=O) groups is 2. The number of hydrogen-bond acceptors (Lipinski definition) is 5. The molecule has 43 heavy (non-hydrogen) atoms. The number of aromatic nitrogens is 2. The van der Waals surface area contributed by atoms with Gasteiger partial charge in [-0.3, -0.25) is 9.78 Å². The predicted octanol–water partition coefficient (Wildman–Crippen LogP) is 8.07. The summed E-state index contributed by atoms with van der Waals surface area (Å²) in [6.45, 7) is 2.17. The van der Waals surface area contributed by atoms with Crippen LogP contribution in [0.3, 0.4) is 0 Å². The van der Waals surface area contributed by atoms with Crippen molar-refractivity contribution in [1.82, 2.24) is 9.97 Å². The average molecular weight is 596 g/mol. The van der Waals surface area contributed by atoms with Crippen LogP contribution >= 0.6 is 0 Å². The van der Waals surface area contributed by atoms with E-state index in [9.17, 15) is 27.9 Å². The number of carbonyl (C=O) groups excluding carboxylic acids is 1. The standard InChI is InChI=1S/C33H36F3N3O4/c1-21-10-12-23(13-11-21)31(40)39(25-8-3-2-4-9-25)29-15-14-26(19-27(29)32(41)42)43-30-28(33(34,35)36)18-22(20-38-30)17-24-7-5-6-16-37-24/h5-7,14-16,18-21,23,25H,2-4,8-13,17H2,1H3,(H,41,42)/t21-,23-. The van der Waals surface area contributed by atoms with E-state index in [1.165, 1.54) is 24.4 Å². The second-order valence-corrected chi connectivity index (χ2v) is 11.7. The highest BCUT2D eigenvalue weighted by molar-refractivity contribution is 6.03. The van der Waals surface area contributed by atoms with E-state index < -0.39 is 23.6 Å². The molecule has 0 unspecified atom stereocenters. The minimum absolute atomic E-state index is 0.0699. The molecule has 2 aromatic heterocycles. The molecule has 2 fully saturated rings. The average Bonchev–Trinajstić information content (AvgIpc) is 2.99. The molecule has 1 aromatic carbocycles. The van der Waals surface area contributed by atoms with Crippen molar-refractivity contribution in [2.45, 2.75) is 83.4 Å². The largest absolute Gasteiger partial charge is 0.478 e. The second-order valence-electron chi connectivity index (χ2n) is 11.7. The SMILES string of the molecule is C[C@H]1CC[C@H](C(=O)N(c2ccc(Oc3ncc(Cc4ccccn4)cc3C(F)(F)F)cc2C(=O)O)C2CCCCC2)CC1. The summed E-state index contributed by atoms with van der Waals surface area (Å²) in [4.78, 5) is 36.2. The lowest BCUT2D eigenvalue weighted by Gasteiger charge is -2.38. The topological polar surface area (TPSA) is 92.6 Å². The van der Waals surface area contributed by atoms with Gasteiger partial charge in [0, 0.05) is 36.5 Å². The number of hydrogen-bond donors (Lipinski definition) is 1. The number of nitrogens with zero attached hydrogens (tertiary/aromatic N) is 3. The molecule has 7 nitrogen and oxygen atoms in total. The van der Waals surface area contributed by atoms with Crippen LogP contribution in [0.5, 0.6) is 11.6 Å². The van der Waals surface area contributed by atoms with Crippen LogP contribution in [-0.2, 0) is 17.4 Å². The summed E-state index contributed by atoms with van der Waals surface area (Å²) in [5.41, 5.74) is -0.121. The van der Waals surface area contributed by atoms with Gasteiger partial charge in [-0.1, -0.05) is 32.3 Å². The lowest BCUT2D eigenvalue weighted by atomic mass is 9.81. The Morgan fingerprint density at radius 2 is 1.72 bits per heavy atom. The minimum atomic E-state index is -4.76. The number of aromatic carboxylic acids is 1. The van der Waals surface area contributed by atoms with Gasteiger partial charge in [0.15, 0.2) is 0 Å². The Morgan fingerprint density at radius 3 is 2.37 bits per heavy atom. The van der Waals surface area contributed by atoms with Crippen LogP contribution in [0, 0.1) is 11.8 Å². The van der Waals surface area contributed by atoms with Gasteiger partial charge in [0.05, 0.1) is 11.3 Å². The maximum atomic E-state index is 14.1. The maximum Gasteiger partial charge on any atom is 0.421 e. The summed E-state index contributed by atoms with van der Waals surface area (Å²) in [6, 6.07) is 10.1. The van der Waals surface area contributed by atoms with Crippen LogP contribution in [0.4, 0.5) is 18.9 Å². The van der Waals surface area contributed by atoms with Crippen molar-refractivity contribution in [2.75, 3.05) is 4.90 Å². The third-order valence-corrected chi connectivity index (χ3v) is 8.54. The number of alkyl halides is 3. The van der Waals surface area contributed by atoms with Gasteiger partial charge >= 0.3 is 12.1 Å². The Bertz CT molecular complexity index is 1430. The molecule has 0 atom stereocenters. The van der Waals surface area contributed by atoms with E-state index in [-0.39, 0.29) is 41.3 Å². The van der Waals surface area contributed by atoms with Crippen LogP contribution in [0.15, 0.2) is 54.9 Å². The highest BCUT2D eigenvalue weighted by Crippen LogP contribution is 2.40. The van der Waals surface area contributed by atoms with E-state index >= 15 is 0 Å². The zero-order chi connectivity index (χ0) is 30.6. The first-order valence-corrected chi connectivity index (χ1v) is 14.9. The monoisotopic (exact) mass is 595 g/mol. The number of pyridine rings is 2. The van der Waals surface area contributed by atoms with Crippen molar-refractivity contribution < 1.29 is 32.6 Å². The van der Waals surface area contributed by atoms with E-state index in [0.717, 1.165) is 63.9 Å². The Balaban J connectivity index is 1.46. The third-order valence-electron chi connectivity index (χ3n) is 8.54. The van der Waals surface area contributed by atoms with Crippen molar-refractivity contribution in [3.8, 4) is 11.6 Å². The molecule has 2 heterocycles. The van der Waals surface area contributed by atoms with Gasteiger partial charge in [-0.05, 0) is 86.4 Å². The van der Waals surface area contributed by atoms with Crippen LogP contribution in [-0.4, -0.2) is 33.0 Å². The zero-order valence-electron chi connectivity index (χ0n) is 24.1. The van der Waals surface area contributed by atoms with Crippen molar-refractivity contribution in [1.29, 1.82) is 0 Å². The molecule has 3 aromatic rings. The number of ether oxygens (including phenoxy) is 1. The van der Waals surface area contributed by atoms with Crippen LogP contribution in [0.1, 0.15) is 91.9 Å². The van der Waals surface area contributed by atoms with Gasteiger partial charge in [-0.15, -0.1) is 0 Å². The number of carboxylic acids is 1. The predicted molar refractivity (Wildman–Crippen MR) is 155 cm³/mol. The molecular weight excluding hydrogens is 559 g/mol. The first-order chi connectivity index (χ1) is 20.6. The molecule has 0 aliphatic heterocycles. The fourth-order valence-corrected chi connectivity index (χ4v) is 6.20. The number of halogens is 3. The Kier molecular flexibility index (Phi) is 9.32. The quantitative estimate of drug-likeness (QED) is 0.283. The van der Waals surface area contributed by atoms with Gasteiger partial charge in [0.2, 0.25) is 11.8 Å². The van der Waals surface area contributed by atoms with Crippen molar-refractivity contribution in [3.05, 3.63) is 77.2 Å². The molecule has 5 rings (SSSR count). The summed E-state index contributed by atoms with van der Waals surface area (Å²) >= 11 is 0. The minimum Gasteiger partial charge on any atom is -0.478 e. The highest BCUT2D eigenvalue weighted by atomic mass is 19.4. The molecule has 0 spiro atoms. The molecule has 0 bridgehead atoms. The van der Waals surface area contributed by atoms with Crippen molar-refractivity contribution >= 4 is 17.6 Å². The number of rotatable bonds is 8. The summed E-state index contributed by atoms with van der Waals surface area (Å²) in [5, 5.41) is 10.2. The van der Waals surface area contributed by atoms with E-state index in [0.29, 0.717) is 17.2 Å². The summed E-state index contributed by atoms with van der Waals surface area (Å²) in [5.74, 6) is -1.78. The molecule has 0 saturated heterocycles. The normalized spacial score (nSPS) is 19.5. The molecular formula is C33H36F3N3O4. The Morgan fingerprint density at radius 1 is 0.977 bits per heavy atom. The fourth-order valence-electron chi connectivity index (χ4n) is 6.20. The van der Waals surface area contributed by atoms with E-state index in [1.54, 1.807) is 29.3 Å². The van der Waals surface area contributed by atoms with Gasteiger partial charge < -0.3 is 14.7 Å². The molecule has 2 saturated carbocycles. The second kappa shape index (κ2) is 13.1. The van der Waals surface area contributed by atoms with Crippen molar-refractivity contribution in [3.63, 3.8) is 0 Å². The third kappa shape index (κ3) is 7.35. The molecule has 2 aliphatic carbocycles. The zero-order valence-corrected chi connectivity index (χ0v) is 24.1. The number of carboxylic acid groups (broad SMARTS) is 1. The number of anilines is 1. The summed E-state index contributed by atoms with van der Waals surface area (Å²) in [7, 11) is 0.